The van der Waals surface area contributed by atoms with E-state index < -0.39 is 0 Å². The van der Waals surface area contributed by atoms with E-state index in [1.54, 1.807) is 7.05 Å². The first-order chi connectivity index (χ1) is 11.0. The molecular weight excluding hydrogens is 314 g/mol. The van der Waals surface area contributed by atoms with Gasteiger partial charge in [-0.25, -0.2) is 0 Å². The monoisotopic (exact) mass is 345 g/mol. The number of amides is 3. The van der Waals surface area contributed by atoms with Gasteiger partial charge in [-0.3, -0.25) is 14.4 Å². The van der Waals surface area contributed by atoms with Gasteiger partial charge in [-0.15, -0.1) is 0 Å². The van der Waals surface area contributed by atoms with Crippen LogP contribution in [0.1, 0.15) is 46.0 Å². The van der Waals surface area contributed by atoms with Crippen LogP contribution in [-0.2, 0) is 14.4 Å². The molecule has 0 bridgehead atoms. The largest absolute Gasteiger partial charge is 0.359 e. The summed E-state index contributed by atoms with van der Waals surface area (Å²) < 4.78 is 0. The minimum Gasteiger partial charge on any atom is -0.359 e. The average Bonchev–Trinajstić information content (AvgIpc) is 2.50. The van der Waals surface area contributed by atoms with Gasteiger partial charge in [-0.05, 0) is 30.9 Å². The zero-order valence-corrected chi connectivity index (χ0v) is 15.4. The summed E-state index contributed by atoms with van der Waals surface area (Å²) in [7, 11) is 1.57. The predicted molar refractivity (Wildman–Crippen MR) is 95.3 cm³/mol. The van der Waals surface area contributed by atoms with Crippen LogP contribution < -0.4 is 16.0 Å². The van der Waals surface area contributed by atoms with E-state index in [-0.39, 0.29) is 17.7 Å². The van der Waals surface area contributed by atoms with Crippen LogP contribution in [0, 0.1) is 5.92 Å². The van der Waals surface area contributed by atoms with E-state index in [0.717, 1.165) is 31.6 Å². The third-order valence-corrected chi connectivity index (χ3v) is 4.20. The molecule has 0 radical (unpaired) electrons. The summed E-state index contributed by atoms with van der Waals surface area (Å²) in [6.07, 6.45) is 3.72. The lowest BCUT2D eigenvalue weighted by Crippen LogP contribution is -2.30. The van der Waals surface area contributed by atoms with Crippen molar-refractivity contribution in [2.45, 2.75) is 46.0 Å². The van der Waals surface area contributed by atoms with Gasteiger partial charge >= 0.3 is 0 Å². The van der Waals surface area contributed by atoms with Gasteiger partial charge in [0.05, 0.1) is 5.75 Å². The van der Waals surface area contributed by atoms with Gasteiger partial charge in [0.15, 0.2) is 0 Å². The summed E-state index contributed by atoms with van der Waals surface area (Å²) in [4.78, 5) is 34.1. The second-order valence-electron chi connectivity index (χ2n) is 5.82. The van der Waals surface area contributed by atoms with E-state index in [9.17, 15) is 14.4 Å². The normalized spacial score (nSPS) is 10.4. The Kier molecular flexibility index (Phi) is 13.6. The molecular formula is C16H31N3O3S. The number of hydrogen-bond acceptors (Lipinski definition) is 4. The predicted octanol–water partition coefficient (Wildman–Crippen LogP) is 1.30. The quantitative estimate of drug-likeness (QED) is 0.439. The SMILES string of the molecule is CNC(=O)CCNC(=O)CSCCCC(=O)NCCCC(C)C. The summed E-state index contributed by atoms with van der Waals surface area (Å²) in [5, 5.41) is 8.11. The number of rotatable bonds is 13. The number of nitrogens with one attached hydrogen (secondary N) is 3. The third kappa shape index (κ3) is 15.4. The van der Waals surface area contributed by atoms with Gasteiger partial charge in [-0.1, -0.05) is 13.8 Å². The van der Waals surface area contributed by atoms with Gasteiger partial charge in [0.25, 0.3) is 0 Å². The van der Waals surface area contributed by atoms with E-state index in [4.69, 9.17) is 0 Å². The summed E-state index contributed by atoms with van der Waals surface area (Å²) in [6.45, 7) is 5.46. The maximum atomic E-state index is 11.6. The maximum Gasteiger partial charge on any atom is 0.230 e. The summed E-state index contributed by atoms with van der Waals surface area (Å²) in [6, 6.07) is 0. The molecule has 23 heavy (non-hydrogen) atoms. The molecule has 0 fully saturated rings. The molecule has 0 unspecified atom stereocenters. The Labute approximate surface area is 143 Å². The number of hydrogen-bond donors (Lipinski definition) is 3. The molecule has 0 rings (SSSR count). The molecule has 3 N–H and O–H groups in total. The lowest BCUT2D eigenvalue weighted by Gasteiger charge is -2.07. The van der Waals surface area contributed by atoms with E-state index in [1.165, 1.54) is 11.8 Å². The molecule has 0 aromatic rings. The van der Waals surface area contributed by atoms with Crippen molar-refractivity contribution >= 4 is 29.5 Å². The van der Waals surface area contributed by atoms with Gasteiger partial charge in [0, 0.05) is 33.0 Å². The van der Waals surface area contributed by atoms with Crippen molar-refractivity contribution in [1.29, 1.82) is 0 Å². The minimum absolute atomic E-state index is 0.0722. The van der Waals surface area contributed by atoms with Crippen molar-refractivity contribution < 1.29 is 14.4 Å². The van der Waals surface area contributed by atoms with Crippen molar-refractivity contribution in [3.63, 3.8) is 0 Å². The second kappa shape index (κ2) is 14.4. The fraction of sp³-hybridized carbons (Fsp3) is 0.812. The molecule has 0 saturated carbocycles. The Bertz CT molecular complexity index is 362. The van der Waals surface area contributed by atoms with Crippen LogP contribution in [0.3, 0.4) is 0 Å². The lowest BCUT2D eigenvalue weighted by atomic mass is 10.1. The van der Waals surface area contributed by atoms with Crippen LogP contribution in [0.25, 0.3) is 0 Å². The fourth-order valence-electron chi connectivity index (χ4n) is 1.82. The first-order valence-electron chi connectivity index (χ1n) is 8.27. The van der Waals surface area contributed by atoms with Crippen molar-refractivity contribution in [3.8, 4) is 0 Å². The molecule has 0 aromatic heterocycles. The van der Waals surface area contributed by atoms with Crippen LogP contribution >= 0.6 is 11.8 Å². The lowest BCUT2D eigenvalue weighted by molar-refractivity contribution is -0.122. The molecule has 0 spiro atoms. The van der Waals surface area contributed by atoms with Crippen LogP contribution in [-0.4, -0.2) is 49.4 Å². The molecule has 0 aliphatic heterocycles. The minimum atomic E-state index is -0.0858. The molecule has 0 aliphatic rings. The molecule has 0 aliphatic carbocycles. The van der Waals surface area contributed by atoms with Gasteiger partial charge in [-0.2, -0.15) is 11.8 Å². The fourth-order valence-corrected chi connectivity index (χ4v) is 2.60. The number of carbonyl (C=O) groups is 3. The summed E-state index contributed by atoms with van der Waals surface area (Å²) in [5.41, 5.74) is 0. The van der Waals surface area contributed by atoms with Crippen molar-refractivity contribution in [2.24, 2.45) is 5.92 Å². The highest BCUT2D eigenvalue weighted by molar-refractivity contribution is 7.99. The average molecular weight is 346 g/mol. The molecule has 0 heterocycles. The van der Waals surface area contributed by atoms with Gasteiger partial charge in [0.1, 0.15) is 0 Å². The Morgan fingerprint density at radius 3 is 2.26 bits per heavy atom. The maximum absolute atomic E-state index is 11.6. The van der Waals surface area contributed by atoms with Crippen LogP contribution in [0.2, 0.25) is 0 Å². The first kappa shape index (κ1) is 21.8. The summed E-state index contributed by atoms with van der Waals surface area (Å²) >= 11 is 1.51. The molecule has 3 amide bonds. The Morgan fingerprint density at radius 2 is 1.61 bits per heavy atom. The first-order valence-corrected chi connectivity index (χ1v) is 9.43. The van der Waals surface area contributed by atoms with Crippen molar-refractivity contribution in [2.75, 3.05) is 31.6 Å². The molecule has 0 aromatic carbocycles. The summed E-state index contributed by atoms with van der Waals surface area (Å²) in [5.74, 6) is 1.75. The number of carbonyl (C=O) groups excluding carboxylic acids is 3. The van der Waals surface area contributed by atoms with Gasteiger partial charge < -0.3 is 16.0 Å². The highest BCUT2D eigenvalue weighted by atomic mass is 32.2. The Hall–Kier alpha value is -1.24. The molecule has 6 nitrogen and oxygen atoms in total. The van der Waals surface area contributed by atoms with Crippen LogP contribution in [0.15, 0.2) is 0 Å². The van der Waals surface area contributed by atoms with Crippen molar-refractivity contribution in [3.05, 3.63) is 0 Å². The second-order valence-corrected chi connectivity index (χ2v) is 6.92. The molecule has 7 heteroatoms. The van der Waals surface area contributed by atoms with Crippen molar-refractivity contribution in [1.82, 2.24) is 16.0 Å². The number of thioether (sulfide) groups is 1. The van der Waals surface area contributed by atoms with Gasteiger partial charge in [0.2, 0.25) is 17.7 Å². The molecule has 0 atom stereocenters. The standard InChI is InChI=1S/C16H31N3O3S/c1-13(2)6-4-9-18-15(21)7-5-11-23-12-16(22)19-10-8-14(20)17-3/h13H,4-12H2,1-3H3,(H,17,20)(H,18,21)(H,19,22). The van der Waals surface area contributed by atoms with E-state index >= 15 is 0 Å². The Morgan fingerprint density at radius 1 is 0.913 bits per heavy atom. The van der Waals surface area contributed by atoms with E-state index in [1.807, 2.05) is 0 Å². The van der Waals surface area contributed by atoms with Crippen LogP contribution in [0.5, 0.6) is 0 Å². The zero-order valence-electron chi connectivity index (χ0n) is 14.6. The van der Waals surface area contributed by atoms with E-state index in [2.05, 4.69) is 29.8 Å². The molecule has 0 saturated heterocycles. The highest BCUT2D eigenvalue weighted by Gasteiger charge is 2.04. The van der Waals surface area contributed by atoms with E-state index in [0.29, 0.717) is 31.1 Å². The highest BCUT2D eigenvalue weighted by Crippen LogP contribution is 2.05. The molecule has 134 valence electrons. The zero-order chi connectivity index (χ0) is 17.5. The van der Waals surface area contributed by atoms with Crippen LogP contribution in [0.4, 0.5) is 0 Å². The topological polar surface area (TPSA) is 87.3 Å². The third-order valence-electron chi connectivity index (χ3n) is 3.16. The Balaban J connectivity index is 3.41. The smallest absolute Gasteiger partial charge is 0.230 e.